The molecule has 0 saturated heterocycles. The molecule has 4 nitrogen and oxygen atoms in total. The first-order valence-corrected chi connectivity index (χ1v) is 6.01. The summed E-state index contributed by atoms with van der Waals surface area (Å²) in [5, 5.41) is 2.83. The van der Waals surface area contributed by atoms with Gasteiger partial charge in [-0.25, -0.2) is 0 Å². The molecule has 0 spiro atoms. The fraction of sp³-hybridized carbons (Fsp3) is 0.417. The van der Waals surface area contributed by atoms with E-state index in [4.69, 9.17) is 9.47 Å². The van der Waals surface area contributed by atoms with Crippen LogP contribution in [0.25, 0.3) is 0 Å². The third kappa shape index (κ3) is 4.02. The molecule has 0 saturated carbocycles. The molecular formula is C12H16BrNO3. The number of benzene rings is 1. The van der Waals surface area contributed by atoms with Crippen LogP contribution in [0.15, 0.2) is 22.7 Å². The molecule has 0 bridgehead atoms. The van der Waals surface area contributed by atoms with Crippen molar-refractivity contribution in [1.82, 2.24) is 5.32 Å². The largest absolute Gasteiger partial charge is 0.496 e. The van der Waals surface area contributed by atoms with Gasteiger partial charge in [-0.3, -0.25) is 4.79 Å². The zero-order valence-corrected chi connectivity index (χ0v) is 11.7. The lowest BCUT2D eigenvalue weighted by molar-refractivity contribution is 0.0902. The smallest absolute Gasteiger partial charge is 0.255 e. The number of rotatable bonds is 5. The summed E-state index contributed by atoms with van der Waals surface area (Å²) >= 11 is 3.33. The summed E-state index contributed by atoms with van der Waals surface area (Å²) in [5.41, 5.74) is 0.513. The summed E-state index contributed by atoms with van der Waals surface area (Å²) < 4.78 is 11.0. The molecule has 1 rings (SSSR count). The molecule has 1 N–H and O–H groups in total. The SMILES string of the molecule is COCC(C)NC(=O)c1ccc(Br)cc1OC. The maximum Gasteiger partial charge on any atom is 0.255 e. The predicted molar refractivity (Wildman–Crippen MR) is 69.5 cm³/mol. The second-order valence-corrected chi connectivity index (χ2v) is 4.59. The Labute approximate surface area is 109 Å². The molecule has 0 radical (unpaired) electrons. The van der Waals surface area contributed by atoms with E-state index in [0.29, 0.717) is 17.9 Å². The van der Waals surface area contributed by atoms with Crippen LogP contribution in [-0.4, -0.2) is 32.8 Å². The van der Waals surface area contributed by atoms with Crippen LogP contribution in [0, 0.1) is 0 Å². The van der Waals surface area contributed by atoms with Crippen molar-refractivity contribution in [3.63, 3.8) is 0 Å². The number of nitrogens with one attached hydrogen (secondary N) is 1. The van der Waals surface area contributed by atoms with Gasteiger partial charge in [0.2, 0.25) is 0 Å². The van der Waals surface area contributed by atoms with Gasteiger partial charge in [-0.05, 0) is 25.1 Å². The van der Waals surface area contributed by atoms with Gasteiger partial charge in [-0.2, -0.15) is 0 Å². The van der Waals surface area contributed by atoms with Crippen LogP contribution in [0.1, 0.15) is 17.3 Å². The van der Waals surface area contributed by atoms with E-state index in [1.165, 1.54) is 7.11 Å². The fourth-order valence-corrected chi connectivity index (χ4v) is 1.79. The summed E-state index contributed by atoms with van der Waals surface area (Å²) in [6, 6.07) is 5.24. The zero-order valence-electron chi connectivity index (χ0n) is 10.1. The van der Waals surface area contributed by atoms with E-state index in [2.05, 4.69) is 21.2 Å². The van der Waals surface area contributed by atoms with Crippen LogP contribution in [-0.2, 0) is 4.74 Å². The summed E-state index contributed by atoms with van der Waals surface area (Å²) in [6.07, 6.45) is 0. The number of hydrogen-bond donors (Lipinski definition) is 1. The quantitative estimate of drug-likeness (QED) is 0.907. The van der Waals surface area contributed by atoms with Crippen LogP contribution < -0.4 is 10.1 Å². The van der Waals surface area contributed by atoms with Crippen LogP contribution in [0.2, 0.25) is 0 Å². The molecule has 0 fully saturated rings. The Bertz CT molecular complexity index is 395. The fourth-order valence-electron chi connectivity index (χ4n) is 1.45. The van der Waals surface area contributed by atoms with Crippen molar-refractivity contribution >= 4 is 21.8 Å². The lowest BCUT2D eigenvalue weighted by atomic mass is 10.2. The highest BCUT2D eigenvalue weighted by Crippen LogP contribution is 2.23. The second kappa shape index (κ2) is 6.61. The molecule has 1 aromatic carbocycles. The molecule has 0 aliphatic carbocycles. The minimum absolute atomic E-state index is 0.0409. The normalized spacial score (nSPS) is 12.0. The monoisotopic (exact) mass is 301 g/mol. The Morgan fingerprint density at radius 2 is 2.18 bits per heavy atom. The molecule has 1 atom stereocenters. The Morgan fingerprint density at radius 1 is 1.47 bits per heavy atom. The zero-order chi connectivity index (χ0) is 12.8. The first kappa shape index (κ1) is 14.0. The first-order valence-electron chi connectivity index (χ1n) is 5.21. The van der Waals surface area contributed by atoms with Gasteiger partial charge in [0.05, 0.1) is 19.3 Å². The first-order chi connectivity index (χ1) is 8.08. The second-order valence-electron chi connectivity index (χ2n) is 3.67. The molecule has 94 valence electrons. The predicted octanol–water partition coefficient (Wildman–Crippen LogP) is 2.22. The molecule has 1 unspecified atom stereocenters. The van der Waals surface area contributed by atoms with Crippen LogP contribution in [0.5, 0.6) is 5.75 Å². The van der Waals surface area contributed by atoms with Crippen molar-refractivity contribution in [2.75, 3.05) is 20.8 Å². The lowest BCUT2D eigenvalue weighted by Crippen LogP contribution is -2.35. The highest BCUT2D eigenvalue weighted by atomic mass is 79.9. The molecular weight excluding hydrogens is 286 g/mol. The molecule has 0 aliphatic heterocycles. The van der Waals surface area contributed by atoms with Crippen molar-refractivity contribution in [3.05, 3.63) is 28.2 Å². The van der Waals surface area contributed by atoms with Gasteiger partial charge in [0.1, 0.15) is 5.75 Å². The average Bonchev–Trinajstić information content (AvgIpc) is 2.28. The van der Waals surface area contributed by atoms with Crippen molar-refractivity contribution in [2.24, 2.45) is 0 Å². The van der Waals surface area contributed by atoms with Gasteiger partial charge in [0.25, 0.3) is 5.91 Å². The standard InChI is InChI=1S/C12H16BrNO3/c1-8(7-16-2)14-12(15)10-5-4-9(13)6-11(10)17-3/h4-6,8H,7H2,1-3H3,(H,14,15). The van der Waals surface area contributed by atoms with Crippen LogP contribution in [0.3, 0.4) is 0 Å². The van der Waals surface area contributed by atoms with Gasteiger partial charge in [-0.15, -0.1) is 0 Å². The van der Waals surface area contributed by atoms with E-state index in [-0.39, 0.29) is 11.9 Å². The molecule has 0 heterocycles. The van der Waals surface area contributed by atoms with Crippen molar-refractivity contribution in [1.29, 1.82) is 0 Å². The number of carbonyl (C=O) groups excluding carboxylic acids is 1. The summed E-state index contributed by atoms with van der Waals surface area (Å²) in [7, 11) is 3.14. The summed E-state index contributed by atoms with van der Waals surface area (Å²) in [6.45, 7) is 2.36. The van der Waals surface area contributed by atoms with E-state index >= 15 is 0 Å². The minimum Gasteiger partial charge on any atom is -0.496 e. The van der Waals surface area contributed by atoms with E-state index in [1.54, 1.807) is 25.3 Å². The summed E-state index contributed by atoms with van der Waals surface area (Å²) in [5.74, 6) is 0.375. The third-order valence-corrected chi connectivity index (χ3v) is 2.70. The Morgan fingerprint density at radius 3 is 2.76 bits per heavy atom. The van der Waals surface area contributed by atoms with Gasteiger partial charge in [0.15, 0.2) is 0 Å². The molecule has 17 heavy (non-hydrogen) atoms. The molecule has 0 aromatic heterocycles. The molecule has 5 heteroatoms. The highest BCUT2D eigenvalue weighted by molar-refractivity contribution is 9.10. The van der Waals surface area contributed by atoms with Gasteiger partial charge < -0.3 is 14.8 Å². The highest BCUT2D eigenvalue weighted by Gasteiger charge is 2.14. The number of ether oxygens (including phenoxy) is 2. The van der Waals surface area contributed by atoms with Crippen molar-refractivity contribution in [2.45, 2.75) is 13.0 Å². The number of methoxy groups -OCH3 is 2. The molecule has 1 amide bonds. The maximum atomic E-state index is 12.0. The number of hydrogen-bond acceptors (Lipinski definition) is 3. The lowest BCUT2D eigenvalue weighted by Gasteiger charge is -2.14. The number of halogens is 1. The van der Waals surface area contributed by atoms with Crippen molar-refractivity contribution in [3.8, 4) is 5.75 Å². The third-order valence-electron chi connectivity index (χ3n) is 2.20. The Kier molecular flexibility index (Phi) is 5.44. The van der Waals surface area contributed by atoms with Gasteiger partial charge in [-0.1, -0.05) is 15.9 Å². The maximum absolute atomic E-state index is 12.0. The molecule has 0 aliphatic rings. The van der Waals surface area contributed by atoms with Gasteiger partial charge >= 0.3 is 0 Å². The number of amides is 1. The van der Waals surface area contributed by atoms with Gasteiger partial charge in [0, 0.05) is 17.6 Å². The Hall–Kier alpha value is -1.07. The Balaban J connectivity index is 2.81. The van der Waals surface area contributed by atoms with Crippen LogP contribution in [0.4, 0.5) is 0 Å². The minimum atomic E-state index is -0.168. The van der Waals surface area contributed by atoms with E-state index in [1.807, 2.05) is 6.92 Å². The van der Waals surface area contributed by atoms with E-state index < -0.39 is 0 Å². The van der Waals surface area contributed by atoms with E-state index in [9.17, 15) is 4.79 Å². The van der Waals surface area contributed by atoms with Crippen LogP contribution >= 0.6 is 15.9 Å². The van der Waals surface area contributed by atoms with Crippen molar-refractivity contribution < 1.29 is 14.3 Å². The molecule has 1 aromatic rings. The number of carbonyl (C=O) groups is 1. The summed E-state index contributed by atoms with van der Waals surface area (Å²) in [4.78, 5) is 12.0. The average molecular weight is 302 g/mol. The topological polar surface area (TPSA) is 47.6 Å². The van der Waals surface area contributed by atoms with E-state index in [0.717, 1.165) is 4.47 Å².